The quantitative estimate of drug-likeness (QED) is 0.705. The van der Waals surface area contributed by atoms with Crippen molar-refractivity contribution in [3.8, 4) is 0 Å². The normalized spacial score (nSPS) is 16.7. The van der Waals surface area contributed by atoms with E-state index in [-0.39, 0.29) is 10.7 Å². The average Bonchev–Trinajstić information content (AvgIpc) is 3.10. The first-order chi connectivity index (χ1) is 12.4. The van der Waals surface area contributed by atoms with Crippen molar-refractivity contribution in [1.82, 2.24) is 14.2 Å². The molecule has 2 heterocycles. The van der Waals surface area contributed by atoms with Crippen LogP contribution in [0.5, 0.6) is 0 Å². The molecular formula is C18H23N3O3S2. The van der Waals surface area contributed by atoms with Crippen LogP contribution in [0.3, 0.4) is 0 Å². The minimum absolute atomic E-state index is 0.137. The molecule has 140 valence electrons. The highest BCUT2D eigenvalue weighted by molar-refractivity contribution is 7.89. The Bertz CT molecular complexity index is 885. The van der Waals surface area contributed by atoms with Crippen molar-refractivity contribution in [1.29, 1.82) is 0 Å². The van der Waals surface area contributed by atoms with Crippen LogP contribution in [0.15, 0.2) is 34.5 Å². The van der Waals surface area contributed by atoms with Crippen LogP contribution >= 0.6 is 11.3 Å². The lowest BCUT2D eigenvalue weighted by Gasteiger charge is -2.33. The lowest BCUT2D eigenvalue weighted by Crippen LogP contribution is -2.48. The van der Waals surface area contributed by atoms with Gasteiger partial charge in [-0.1, -0.05) is 19.1 Å². The van der Waals surface area contributed by atoms with Crippen molar-refractivity contribution in [3.63, 3.8) is 0 Å². The van der Waals surface area contributed by atoms with Crippen LogP contribution in [0, 0.1) is 0 Å². The molecule has 0 N–H and O–H groups in total. The van der Waals surface area contributed by atoms with E-state index in [4.69, 9.17) is 0 Å². The van der Waals surface area contributed by atoms with Gasteiger partial charge in [0.25, 0.3) is 0 Å². The number of carbonyl (C=O) groups excluding carboxylic acids is 1. The molecule has 1 saturated heterocycles. The Kier molecular flexibility index (Phi) is 5.86. The average molecular weight is 394 g/mol. The third-order valence-electron chi connectivity index (χ3n) is 4.50. The van der Waals surface area contributed by atoms with Crippen molar-refractivity contribution in [3.05, 3.63) is 45.9 Å². The second-order valence-corrected chi connectivity index (χ2v) is 9.23. The molecule has 0 bridgehead atoms. The van der Waals surface area contributed by atoms with Crippen LogP contribution in [0.1, 0.15) is 34.9 Å². The number of hydrogen-bond acceptors (Lipinski definition) is 6. The molecule has 3 rings (SSSR count). The number of carbonyl (C=O) groups is 1. The number of rotatable bonds is 6. The van der Waals surface area contributed by atoms with Gasteiger partial charge in [-0.25, -0.2) is 13.4 Å². The Morgan fingerprint density at radius 3 is 2.58 bits per heavy atom. The van der Waals surface area contributed by atoms with Gasteiger partial charge in [-0.15, -0.1) is 11.3 Å². The molecular weight excluding hydrogens is 370 g/mol. The zero-order valence-electron chi connectivity index (χ0n) is 15.0. The largest absolute Gasteiger partial charge is 0.295 e. The molecule has 2 aromatic rings. The summed E-state index contributed by atoms with van der Waals surface area (Å²) in [4.78, 5) is 18.5. The first kappa shape index (κ1) is 19.2. The first-order valence-electron chi connectivity index (χ1n) is 8.67. The second kappa shape index (κ2) is 7.96. The summed E-state index contributed by atoms with van der Waals surface area (Å²) in [5.74, 6) is -0.137. The van der Waals surface area contributed by atoms with Crippen molar-refractivity contribution < 1.29 is 13.2 Å². The van der Waals surface area contributed by atoms with E-state index in [0.717, 1.165) is 23.7 Å². The van der Waals surface area contributed by atoms with Gasteiger partial charge in [0.05, 0.1) is 15.6 Å². The fraction of sp³-hybridized carbons (Fsp3) is 0.444. The second-order valence-electron chi connectivity index (χ2n) is 6.35. The topological polar surface area (TPSA) is 70.6 Å². The van der Waals surface area contributed by atoms with Crippen molar-refractivity contribution in [2.75, 3.05) is 26.2 Å². The number of aryl methyl sites for hydroxylation is 1. The summed E-state index contributed by atoms with van der Waals surface area (Å²) in [6.07, 6.45) is 0.940. The molecule has 0 aliphatic carbocycles. The van der Waals surface area contributed by atoms with Crippen LogP contribution < -0.4 is 0 Å². The summed E-state index contributed by atoms with van der Waals surface area (Å²) in [7, 11) is -3.57. The van der Waals surface area contributed by atoms with E-state index in [2.05, 4.69) is 22.2 Å². The number of piperazine rings is 1. The Hall–Kier alpha value is -1.61. The summed E-state index contributed by atoms with van der Waals surface area (Å²) < 4.78 is 27.2. The molecule has 1 fully saturated rings. The van der Waals surface area contributed by atoms with Crippen LogP contribution in [-0.4, -0.2) is 54.6 Å². The van der Waals surface area contributed by atoms with Gasteiger partial charge in [0.15, 0.2) is 5.78 Å². The highest BCUT2D eigenvalue weighted by atomic mass is 32.2. The number of ketones is 1. The van der Waals surface area contributed by atoms with Crippen molar-refractivity contribution >= 4 is 27.1 Å². The molecule has 0 radical (unpaired) electrons. The molecule has 0 saturated carbocycles. The SMILES string of the molecule is CCc1nc(CN2CCN(S(=O)(=O)c3cccc(C(C)=O)c3)CC2)cs1. The van der Waals surface area contributed by atoms with Crippen LogP contribution in [-0.2, 0) is 23.0 Å². The monoisotopic (exact) mass is 393 g/mol. The van der Waals surface area contributed by atoms with Crippen LogP contribution in [0.25, 0.3) is 0 Å². The van der Waals surface area contributed by atoms with Crippen LogP contribution in [0.4, 0.5) is 0 Å². The Balaban J connectivity index is 1.65. The first-order valence-corrected chi connectivity index (χ1v) is 11.0. The maximum Gasteiger partial charge on any atom is 0.243 e. The van der Waals surface area contributed by atoms with Gasteiger partial charge in [0, 0.05) is 43.7 Å². The van der Waals surface area contributed by atoms with E-state index in [9.17, 15) is 13.2 Å². The fourth-order valence-electron chi connectivity index (χ4n) is 2.97. The number of sulfonamides is 1. The summed E-state index contributed by atoms with van der Waals surface area (Å²) in [5, 5.41) is 3.21. The molecule has 0 spiro atoms. The Labute approximate surface area is 158 Å². The molecule has 8 heteroatoms. The molecule has 0 atom stereocenters. The molecule has 26 heavy (non-hydrogen) atoms. The number of hydrogen-bond donors (Lipinski definition) is 0. The number of Topliss-reactive ketones (excluding diaryl/α,β-unsaturated/α-hetero) is 1. The number of benzene rings is 1. The van der Waals surface area contributed by atoms with E-state index in [1.165, 1.54) is 17.3 Å². The summed E-state index contributed by atoms with van der Waals surface area (Å²) in [6.45, 7) is 6.51. The van der Waals surface area contributed by atoms with Gasteiger partial charge in [0.2, 0.25) is 10.0 Å². The predicted octanol–water partition coefficient (Wildman–Crippen LogP) is 2.41. The Morgan fingerprint density at radius 1 is 1.23 bits per heavy atom. The van der Waals surface area contributed by atoms with Crippen molar-refractivity contribution in [2.24, 2.45) is 0 Å². The van der Waals surface area contributed by atoms with Gasteiger partial charge in [-0.2, -0.15) is 4.31 Å². The highest BCUT2D eigenvalue weighted by Gasteiger charge is 2.29. The molecule has 1 aromatic carbocycles. The molecule has 1 aromatic heterocycles. The molecule has 1 aliphatic rings. The number of aromatic nitrogens is 1. The van der Waals surface area contributed by atoms with Crippen LogP contribution in [0.2, 0.25) is 0 Å². The number of nitrogens with zero attached hydrogens (tertiary/aromatic N) is 3. The van der Waals surface area contributed by atoms with E-state index in [0.29, 0.717) is 31.7 Å². The minimum Gasteiger partial charge on any atom is -0.295 e. The standard InChI is InChI=1S/C18H23N3O3S2/c1-3-18-19-16(13-25-18)12-20-7-9-21(10-8-20)26(23,24)17-6-4-5-15(11-17)14(2)22/h4-6,11,13H,3,7-10,12H2,1-2H3. The molecule has 1 aliphatic heterocycles. The van der Waals surface area contributed by atoms with E-state index >= 15 is 0 Å². The summed E-state index contributed by atoms with van der Waals surface area (Å²) in [5.41, 5.74) is 1.47. The number of thiazole rings is 1. The molecule has 0 unspecified atom stereocenters. The summed E-state index contributed by atoms with van der Waals surface area (Å²) >= 11 is 1.67. The zero-order valence-corrected chi connectivity index (χ0v) is 16.6. The van der Waals surface area contributed by atoms with Gasteiger partial charge < -0.3 is 0 Å². The predicted molar refractivity (Wildman–Crippen MR) is 102 cm³/mol. The van der Waals surface area contributed by atoms with Gasteiger partial charge in [-0.3, -0.25) is 9.69 Å². The van der Waals surface area contributed by atoms with Gasteiger partial charge >= 0.3 is 0 Å². The smallest absolute Gasteiger partial charge is 0.243 e. The lowest BCUT2D eigenvalue weighted by atomic mass is 10.2. The Morgan fingerprint density at radius 2 is 1.96 bits per heavy atom. The van der Waals surface area contributed by atoms with Crippen molar-refractivity contribution in [2.45, 2.75) is 31.7 Å². The van der Waals surface area contributed by atoms with E-state index < -0.39 is 10.0 Å². The van der Waals surface area contributed by atoms with Gasteiger partial charge in [-0.05, 0) is 25.5 Å². The third-order valence-corrected chi connectivity index (χ3v) is 7.43. The van der Waals surface area contributed by atoms with Gasteiger partial charge in [0.1, 0.15) is 0 Å². The highest BCUT2D eigenvalue weighted by Crippen LogP contribution is 2.20. The maximum absolute atomic E-state index is 12.9. The van der Waals surface area contributed by atoms with E-state index in [1.54, 1.807) is 29.5 Å². The maximum atomic E-state index is 12.9. The minimum atomic E-state index is -3.57. The zero-order chi connectivity index (χ0) is 18.7. The molecule has 6 nitrogen and oxygen atoms in total. The summed E-state index contributed by atoms with van der Waals surface area (Å²) in [6, 6.07) is 6.27. The molecule has 0 amide bonds. The lowest BCUT2D eigenvalue weighted by molar-refractivity contribution is 0.101. The fourth-order valence-corrected chi connectivity index (χ4v) is 5.17. The third kappa shape index (κ3) is 4.20. The van der Waals surface area contributed by atoms with E-state index in [1.807, 2.05) is 0 Å².